The van der Waals surface area contributed by atoms with Gasteiger partial charge in [-0.2, -0.15) is 0 Å². The molecule has 1 atom stereocenters. The van der Waals surface area contributed by atoms with E-state index in [1.54, 1.807) is 12.4 Å². The molecule has 1 fully saturated rings. The van der Waals surface area contributed by atoms with Crippen molar-refractivity contribution >= 4 is 5.78 Å². The first-order valence-electron chi connectivity index (χ1n) is 6.40. The molecule has 1 aromatic rings. The van der Waals surface area contributed by atoms with Gasteiger partial charge in [0.15, 0.2) is 0 Å². The first kappa shape index (κ1) is 12.2. The van der Waals surface area contributed by atoms with Crippen LogP contribution in [0, 0.1) is 5.41 Å². The molecule has 0 spiro atoms. The van der Waals surface area contributed by atoms with Crippen LogP contribution in [0.25, 0.3) is 0 Å². The van der Waals surface area contributed by atoms with Gasteiger partial charge in [0.2, 0.25) is 0 Å². The highest BCUT2D eigenvalue weighted by Gasteiger charge is 2.37. The van der Waals surface area contributed by atoms with E-state index in [0.29, 0.717) is 12.2 Å². The highest BCUT2D eigenvalue weighted by atomic mass is 16.1. The van der Waals surface area contributed by atoms with Gasteiger partial charge < -0.3 is 5.32 Å². The first-order valence-corrected chi connectivity index (χ1v) is 6.40. The summed E-state index contributed by atoms with van der Waals surface area (Å²) >= 11 is 0. The summed E-state index contributed by atoms with van der Waals surface area (Å²) in [6.45, 7) is 4.00. The lowest BCUT2D eigenvalue weighted by atomic mass is 9.73. The van der Waals surface area contributed by atoms with E-state index in [9.17, 15) is 4.79 Å². The topological polar surface area (TPSA) is 42.0 Å². The Morgan fingerprint density at radius 2 is 2.47 bits per heavy atom. The highest BCUT2D eigenvalue weighted by Crippen LogP contribution is 2.32. The molecule has 1 unspecified atom stereocenters. The Kier molecular flexibility index (Phi) is 3.89. The van der Waals surface area contributed by atoms with Crippen LogP contribution in [0.5, 0.6) is 0 Å². The fraction of sp³-hybridized carbons (Fsp3) is 0.571. The van der Waals surface area contributed by atoms with Crippen molar-refractivity contribution in [2.75, 3.05) is 13.1 Å². The standard InChI is InChI=1S/C14H20N2O/c1-2-14(6-4-8-16-11-14)13(17)9-12-5-3-7-15-10-12/h3,5,7,10,16H,2,4,6,8-9,11H2,1H3. The molecule has 0 aliphatic carbocycles. The maximum atomic E-state index is 12.5. The molecule has 2 heterocycles. The van der Waals surface area contributed by atoms with Gasteiger partial charge in [-0.15, -0.1) is 0 Å². The van der Waals surface area contributed by atoms with E-state index in [4.69, 9.17) is 0 Å². The molecule has 17 heavy (non-hydrogen) atoms. The van der Waals surface area contributed by atoms with Gasteiger partial charge in [0.25, 0.3) is 0 Å². The molecule has 0 bridgehead atoms. The number of pyridine rings is 1. The average Bonchev–Trinajstić information content (AvgIpc) is 2.40. The van der Waals surface area contributed by atoms with Crippen molar-refractivity contribution in [2.24, 2.45) is 5.41 Å². The number of piperidine rings is 1. The van der Waals surface area contributed by atoms with Crippen LogP contribution in [0.3, 0.4) is 0 Å². The van der Waals surface area contributed by atoms with Crippen LogP contribution >= 0.6 is 0 Å². The lowest BCUT2D eigenvalue weighted by molar-refractivity contribution is -0.129. The molecule has 2 rings (SSSR count). The molecule has 0 amide bonds. The Labute approximate surface area is 103 Å². The predicted octanol–water partition coefficient (Wildman–Crippen LogP) is 1.97. The summed E-state index contributed by atoms with van der Waals surface area (Å²) in [5.41, 5.74) is 0.879. The van der Waals surface area contributed by atoms with Gasteiger partial charge in [-0.25, -0.2) is 0 Å². The van der Waals surface area contributed by atoms with Crippen LogP contribution in [0.15, 0.2) is 24.5 Å². The van der Waals surface area contributed by atoms with E-state index < -0.39 is 0 Å². The van der Waals surface area contributed by atoms with E-state index in [1.807, 2.05) is 12.1 Å². The maximum absolute atomic E-state index is 12.5. The molecular formula is C14H20N2O. The predicted molar refractivity (Wildman–Crippen MR) is 67.8 cm³/mol. The molecule has 3 heteroatoms. The number of nitrogens with zero attached hydrogens (tertiary/aromatic N) is 1. The number of nitrogens with one attached hydrogen (secondary N) is 1. The summed E-state index contributed by atoms with van der Waals surface area (Å²) in [7, 11) is 0. The number of hydrogen-bond acceptors (Lipinski definition) is 3. The van der Waals surface area contributed by atoms with Crippen LogP contribution < -0.4 is 5.32 Å². The van der Waals surface area contributed by atoms with Crippen LogP contribution in [-0.2, 0) is 11.2 Å². The average molecular weight is 232 g/mol. The molecule has 1 saturated heterocycles. The Morgan fingerprint density at radius 3 is 3.06 bits per heavy atom. The third-order valence-corrected chi connectivity index (χ3v) is 3.83. The second-order valence-electron chi connectivity index (χ2n) is 4.88. The Bertz CT molecular complexity index is 369. The van der Waals surface area contributed by atoms with Crippen molar-refractivity contribution in [3.8, 4) is 0 Å². The molecule has 3 nitrogen and oxygen atoms in total. The van der Waals surface area contributed by atoms with E-state index >= 15 is 0 Å². The zero-order valence-electron chi connectivity index (χ0n) is 10.4. The SMILES string of the molecule is CCC1(C(=O)Cc2cccnc2)CCCNC1. The highest BCUT2D eigenvalue weighted by molar-refractivity contribution is 5.87. The van der Waals surface area contributed by atoms with Crippen LogP contribution in [0.2, 0.25) is 0 Å². The van der Waals surface area contributed by atoms with Gasteiger partial charge in [0.1, 0.15) is 5.78 Å². The number of aromatic nitrogens is 1. The third kappa shape index (κ3) is 2.72. The molecule has 92 valence electrons. The number of carbonyl (C=O) groups is 1. The summed E-state index contributed by atoms with van der Waals surface area (Å²) in [4.78, 5) is 16.5. The quantitative estimate of drug-likeness (QED) is 0.863. The summed E-state index contributed by atoms with van der Waals surface area (Å²) in [6.07, 6.45) is 7.11. The molecule has 0 saturated carbocycles. The van der Waals surface area contributed by atoms with Crippen LogP contribution in [-0.4, -0.2) is 23.9 Å². The fourth-order valence-corrected chi connectivity index (χ4v) is 2.58. The molecule has 0 radical (unpaired) electrons. The zero-order chi connectivity index (χ0) is 12.1. The largest absolute Gasteiger partial charge is 0.316 e. The van der Waals surface area contributed by atoms with Crippen molar-refractivity contribution < 1.29 is 4.79 Å². The molecule has 1 N–H and O–H groups in total. The monoisotopic (exact) mass is 232 g/mol. The fourth-order valence-electron chi connectivity index (χ4n) is 2.58. The smallest absolute Gasteiger partial charge is 0.144 e. The maximum Gasteiger partial charge on any atom is 0.144 e. The summed E-state index contributed by atoms with van der Waals surface area (Å²) < 4.78 is 0. The van der Waals surface area contributed by atoms with Crippen molar-refractivity contribution in [1.29, 1.82) is 0 Å². The summed E-state index contributed by atoms with van der Waals surface area (Å²) in [6, 6.07) is 3.87. The van der Waals surface area contributed by atoms with Crippen molar-refractivity contribution in [3.05, 3.63) is 30.1 Å². The van der Waals surface area contributed by atoms with Gasteiger partial charge in [0, 0.05) is 30.8 Å². The van der Waals surface area contributed by atoms with Crippen LogP contribution in [0.4, 0.5) is 0 Å². The molecule has 0 aromatic carbocycles. The van der Waals surface area contributed by atoms with E-state index in [0.717, 1.165) is 37.9 Å². The lowest BCUT2D eigenvalue weighted by Crippen LogP contribution is -2.45. The van der Waals surface area contributed by atoms with Gasteiger partial charge in [-0.3, -0.25) is 9.78 Å². The Balaban J connectivity index is 2.07. The number of carbonyl (C=O) groups excluding carboxylic acids is 1. The summed E-state index contributed by atoms with van der Waals surface area (Å²) in [5, 5.41) is 3.36. The molecular weight excluding hydrogens is 212 g/mol. The normalized spacial score (nSPS) is 24.5. The van der Waals surface area contributed by atoms with E-state index in [2.05, 4.69) is 17.2 Å². The minimum atomic E-state index is -0.145. The minimum Gasteiger partial charge on any atom is -0.316 e. The minimum absolute atomic E-state index is 0.145. The lowest BCUT2D eigenvalue weighted by Gasteiger charge is -2.35. The Hall–Kier alpha value is -1.22. The number of ketones is 1. The van der Waals surface area contributed by atoms with Crippen LogP contribution in [0.1, 0.15) is 31.7 Å². The molecule has 1 aliphatic heterocycles. The number of Topliss-reactive ketones (excluding diaryl/α,β-unsaturated/α-hetero) is 1. The molecule has 1 aromatic heterocycles. The number of rotatable bonds is 4. The Morgan fingerprint density at radius 1 is 1.59 bits per heavy atom. The second-order valence-corrected chi connectivity index (χ2v) is 4.88. The van der Waals surface area contributed by atoms with E-state index in [1.165, 1.54) is 0 Å². The second kappa shape index (κ2) is 5.41. The number of hydrogen-bond donors (Lipinski definition) is 1. The van der Waals surface area contributed by atoms with Gasteiger partial charge in [-0.05, 0) is 37.4 Å². The van der Waals surface area contributed by atoms with Gasteiger partial charge >= 0.3 is 0 Å². The third-order valence-electron chi connectivity index (χ3n) is 3.83. The molecule has 1 aliphatic rings. The van der Waals surface area contributed by atoms with Crippen molar-refractivity contribution in [1.82, 2.24) is 10.3 Å². The zero-order valence-corrected chi connectivity index (χ0v) is 10.4. The summed E-state index contributed by atoms with van der Waals surface area (Å²) in [5.74, 6) is 0.361. The van der Waals surface area contributed by atoms with Crippen molar-refractivity contribution in [2.45, 2.75) is 32.6 Å². The first-order chi connectivity index (χ1) is 8.27. The van der Waals surface area contributed by atoms with E-state index in [-0.39, 0.29) is 5.41 Å². The van der Waals surface area contributed by atoms with Gasteiger partial charge in [-0.1, -0.05) is 13.0 Å². The van der Waals surface area contributed by atoms with Gasteiger partial charge in [0.05, 0.1) is 0 Å². The van der Waals surface area contributed by atoms with Crippen molar-refractivity contribution in [3.63, 3.8) is 0 Å².